The van der Waals surface area contributed by atoms with Crippen molar-refractivity contribution in [2.24, 2.45) is 0 Å². The third-order valence-corrected chi connectivity index (χ3v) is 6.20. The van der Waals surface area contributed by atoms with Gasteiger partial charge >= 0.3 is 0 Å². The topological polar surface area (TPSA) is 93.8 Å². The highest BCUT2D eigenvalue weighted by atomic mass is 16.5. The lowest BCUT2D eigenvalue weighted by Gasteiger charge is -2.35. The molecule has 3 heterocycles. The number of methoxy groups -OCH3 is 1. The van der Waals surface area contributed by atoms with Crippen LogP contribution in [-0.4, -0.2) is 66.8 Å². The Morgan fingerprint density at radius 1 is 1.12 bits per heavy atom. The van der Waals surface area contributed by atoms with Gasteiger partial charge in [-0.1, -0.05) is 30.3 Å². The number of nitrogens with two attached hydrogens (primary N) is 1. The molecule has 8 nitrogen and oxygen atoms in total. The van der Waals surface area contributed by atoms with Crippen molar-refractivity contribution in [2.75, 3.05) is 50.5 Å². The first-order chi connectivity index (χ1) is 15.6. The monoisotopic (exact) mass is 433 g/mol. The van der Waals surface area contributed by atoms with E-state index >= 15 is 0 Å². The fourth-order valence-electron chi connectivity index (χ4n) is 4.42. The Labute approximate surface area is 186 Å². The standard InChI is InChI=1S/C24H27N5O3/c1-31-21-15-19-18(14-17(21)16-6-3-2-4-7-16)22(25)27-24(26-19)29-11-9-28(10-12-29)23(30)20-8-5-13-32-20/h2-4,6-7,14-15,20H,5,8-13H2,1H3,(H2,25,26,27). The minimum absolute atomic E-state index is 0.0965. The molecule has 0 spiro atoms. The third kappa shape index (κ3) is 3.82. The Morgan fingerprint density at radius 2 is 1.91 bits per heavy atom. The predicted octanol–water partition coefficient (Wildman–Crippen LogP) is 2.72. The van der Waals surface area contributed by atoms with Crippen molar-refractivity contribution in [3.63, 3.8) is 0 Å². The lowest BCUT2D eigenvalue weighted by atomic mass is 10.0. The van der Waals surface area contributed by atoms with Crippen molar-refractivity contribution in [2.45, 2.75) is 18.9 Å². The maximum atomic E-state index is 12.6. The molecule has 5 rings (SSSR count). The van der Waals surface area contributed by atoms with Crippen molar-refractivity contribution in [1.29, 1.82) is 0 Å². The Bertz CT molecular complexity index is 1120. The molecular weight excluding hydrogens is 406 g/mol. The molecule has 1 unspecified atom stereocenters. The van der Waals surface area contributed by atoms with Crippen LogP contribution >= 0.6 is 0 Å². The number of amides is 1. The maximum absolute atomic E-state index is 12.6. The summed E-state index contributed by atoms with van der Waals surface area (Å²) in [4.78, 5) is 25.9. The summed E-state index contributed by atoms with van der Waals surface area (Å²) < 4.78 is 11.2. The van der Waals surface area contributed by atoms with Crippen LogP contribution in [0.15, 0.2) is 42.5 Å². The summed E-state index contributed by atoms with van der Waals surface area (Å²) in [5.74, 6) is 1.84. The van der Waals surface area contributed by atoms with Crippen LogP contribution in [0.2, 0.25) is 0 Å². The van der Waals surface area contributed by atoms with Crippen LogP contribution in [0.5, 0.6) is 5.75 Å². The van der Waals surface area contributed by atoms with E-state index in [1.807, 2.05) is 47.4 Å². The number of hydrogen-bond donors (Lipinski definition) is 1. The van der Waals surface area contributed by atoms with Gasteiger partial charge < -0.3 is 25.0 Å². The van der Waals surface area contributed by atoms with Crippen molar-refractivity contribution < 1.29 is 14.3 Å². The van der Waals surface area contributed by atoms with E-state index in [4.69, 9.17) is 20.2 Å². The van der Waals surface area contributed by atoms with Gasteiger partial charge in [0.1, 0.15) is 17.7 Å². The van der Waals surface area contributed by atoms with Crippen LogP contribution in [0, 0.1) is 0 Å². The zero-order valence-corrected chi connectivity index (χ0v) is 18.2. The van der Waals surface area contributed by atoms with E-state index in [1.54, 1.807) is 7.11 Å². The van der Waals surface area contributed by atoms with Gasteiger partial charge in [-0.05, 0) is 24.5 Å². The summed E-state index contributed by atoms with van der Waals surface area (Å²) in [7, 11) is 1.66. The van der Waals surface area contributed by atoms with E-state index in [2.05, 4.69) is 9.88 Å². The van der Waals surface area contributed by atoms with Crippen molar-refractivity contribution >= 4 is 28.6 Å². The van der Waals surface area contributed by atoms with Crippen LogP contribution in [0.1, 0.15) is 12.8 Å². The Balaban J connectivity index is 1.39. The molecule has 1 atom stereocenters. The molecule has 2 aliphatic rings. The molecule has 1 aromatic heterocycles. The number of nitrogens with zero attached hydrogens (tertiary/aromatic N) is 4. The van der Waals surface area contributed by atoms with E-state index in [0.717, 1.165) is 40.6 Å². The number of carbonyl (C=O) groups is 1. The fourth-order valence-corrected chi connectivity index (χ4v) is 4.42. The predicted molar refractivity (Wildman–Crippen MR) is 124 cm³/mol. The van der Waals surface area contributed by atoms with Gasteiger partial charge in [-0.2, -0.15) is 4.98 Å². The molecule has 0 saturated carbocycles. The van der Waals surface area contributed by atoms with Crippen LogP contribution < -0.4 is 15.4 Å². The van der Waals surface area contributed by atoms with Gasteiger partial charge in [0.2, 0.25) is 5.95 Å². The lowest BCUT2D eigenvalue weighted by molar-refractivity contribution is -0.141. The number of aromatic nitrogens is 2. The van der Waals surface area contributed by atoms with Crippen LogP contribution in [0.4, 0.5) is 11.8 Å². The van der Waals surface area contributed by atoms with Gasteiger partial charge in [-0.15, -0.1) is 0 Å². The molecule has 8 heteroatoms. The molecular formula is C24H27N5O3. The van der Waals surface area contributed by atoms with Crippen molar-refractivity contribution in [3.05, 3.63) is 42.5 Å². The van der Waals surface area contributed by atoms with E-state index in [0.29, 0.717) is 44.6 Å². The van der Waals surface area contributed by atoms with Gasteiger partial charge in [0.25, 0.3) is 5.91 Å². The normalized spacial score (nSPS) is 18.8. The summed E-state index contributed by atoms with van der Waals surface area (Å²) in [6.07, 6.45) is 1.49. The van der Waals surface area contributed by atoms with E-state index in [9.17, 15) is 4.79 Å². The average molecular weight is 434 g/mol. The van der Waals surface area contributed by atoms with Crippen molar-refractivity contribution in [1.82, 2.24) is 14.9 Å². The van der Waals surface area contributed by atoms with Gasteiger partial charge in [-0.25, -0.2) is 4.98 Å². The SMILES string of the molecule is COc1cc2nc(N3CCN(C(=O)C4CCCO4)CC3)nc(N)c2cc1-c1ccccc1. The molecule has 0 radical (unpaired) electrons. The highest BCUT2D eigenvalue weighted by Gasteiger charge is 2.31. The van der Waals surface area contributed by atoms with Crippen LogP contribution in [0.3, 0.4) is 0 Å². The van der Waals surface area contributed by atoms with Crippen LogP contribution in [-0.2, 0) is 9.53 Å². The average Bonchev–Trinajstić information content (AvgIpc) is 3.38. The minimum Gasteiger partial charge on any atom is -0.496 e. The molecule has 2 aromatic carbocycles. The van der Waals surface area contributed by atoms with Gasteiger partial charge in [0, 0.05) is 49.8 Å². The van der Waals surface area contributed by atoms with E-state index in [-0.39, 0.29) is 12.0 Å². The summed E-state index contributed by atoms with van der Waals surface area (Å²) in [5.41, 5.74) is 9.09. The highest BCUT2D eigenvalue weighted by Crippen LogP contribution is 2.35. The third-order valence-electron chi connectivity index (χ3n) is 6.20. The van der Waals surface area contributed by atoms with Crippen LogP contribution in [0.25, 0.3) is 22.0 Å². The summed E-state index contributed by atoms with van der Waals surface area (Å²) in [6.45, 7) is 3.23. The first kappa shape index (κ1) is 20.5. The Hall–Kier alpha value is -3.39. The molecule has 2 fully saturated rings. The minimum atomic E-state index is -0.277. The smallest absolute Gasteiger partial charge is 0.251 e. The highest BCUT2D eigenvalue weighted by molar-refractivity contribution is 5.95. The second-order valence-electron chi connectivity index (χ2n) is 8.16. The Kier molecular flexibility index (Phi) is 5.53. The molecule has 2 aliphatic heterocycles. The first-order valence-electron chi connectivity index (χ1n) is 11.0. The first-order valence-corrected chi connectivity index (χ1v) is 11.0. The van der Waals surface area contributed by atoms with Gasteiger partial charge in [0.15, 0.2) is 0 Å². The van der Waals surface area contributed by atoms with Gasteiger partial charge in [0.05, 0.1) is 12.6 Å². The molecule has 3 aromatic rings. The number of rotatable bonds is 4. The molecule has 2 saturated heterocycles. The fraction of sp³-hybridized carbons (Fsp3) is 0.375. The number of benzene rings is 2. The summed E-state index contributed by atoms with van der Waals surface area (Å²) in [5, 5.41) is 0.792. The number of anilines is 2. The number of ether oxygens (including phenoxy) is 2. The zero-order valence-electron chi connectivity index (χ0n) is 18.2. The summed E-state index contributed by atoms with van der Waals surface area (Å²) in [6, 6.07) is 13.9. The molecule has 1 amide bonds. The van der Waals surface area contributed by atoms with Crippen molar-refractivity contribution in [3.8, 4) is 16.9 Å². The number of piperazine rings is 1. The molecule has 0 bridgehead atoms. The van der Waals surface area contributed by atoms with E-state index in [1.165, 1.54) is 0 Å². The maximum Gasteiger partial charge on any atom is 0.251 e. The second kappa shape index (κ2) is 8.63. The number of fused-ring (bicyclic) bond motifs is 1. The molecule has 166 valence electrons. The van der Waals surface area contributed by atoms with Gasteiger partial charge in [-0.3, -0.25) is 4.79 Å². The summed E-state index contributed by atoms with van der Waals surface area (Å²) >= 11 is 0. The Morgan fingerprint density at radius 3 is 2.59 bits per heavy atom. The lowest BCUT2D eigenvalue weighted by Crippen LogP contribution is -2.51. The quantitative estimate of drug-likeness (QED) is 0.676. The zero-order chi connectivity index (χ0) is 22.1. The number of carbonyl (C=O) groups excluding carboxylic acids is 1. The number of hydrogen-bond acceptors (Lipinski definition) is 7. The molecule has 32 heavy (non-hydrogen) atoms. The van der Waals surface area contributed by atoms with E-state index < -0.39 is 0 Å². The molecule has 2 N–H and O–H groups in total. The largest absolute Gasteiger partial charge is 0.496 e. The second-order valence-corrected chi connectivity index (χ2v) is 8.16. The number of nitrogen functional groups attached to an aromatic ring is 1. The molecule has 0 aliphatic carbocycles.